The Balaban J connectivity index is 1.95. The van der Waals surface area contributed by atoms with Crippen LogP contribution >= 0.6 is 27.5 Å². The van der Waals surface area contributed by atoms with Gasteiger partial charge in [0.2, 0.25) is 0 Å². The van der Waals surface area contributed by atoms with Crippen molar-refractivity contribution in [3.63, 3.8) is 0 Å². The van der Waals surface area contributed by atoms with Gasteiger partial charge in [-0.2, -0.15) is 8.78 Å². The highest BCUT2D eigenvalue weighted by Crippen LogP contribution is 2.23. The lowest BCUT2D eigenvalue weighted by Crippen LogP contribution is -2.14. The molecule has 2 aromatic rings. The van der Waals surface area contributed by atoms with E-state index in [-0.39, 0.29) is 5.75 Å². The number of ether oxygens (including phenoxy) is 1. The summed E-state index contributed by atoms with van der Waals surface area (Å²) in [5, 5.41) is 3.84. The summed E-state index contributed by atoms with van der Waals surface area (Å²) in [6.07, 6.45) is 0. The van der Waals surface area contributed by atoms with Gasteiger partial charge in [-0.25, -0.2) is 0 Å². The summed E-state index contributed by atoms with van der Waals surface area (Å²) >= 11 is 9.28. The summed E-state index contributed by atoms with van der Waals surface area (Å²) in [5.74, 6) is 0.192. The Morgan fingerprint density at radius 3 is 2.62 bits per heavy atom. The number of benzene rings is 2. The number of alkyl halides is 2. The Morgan fingerprint density at radius 2 is 1.90 bits per heavy atom. The second kappa shape index (κ2) is 7.73. The average molecular weight is 377 g/mol. The zero-order valence-electron chi connectivity index (χ0n) is 11.0. The SMILES string of the molecule is FC(F)Oc1ccccc1CNCc1ccc(Cl)c(Br)c1. The van der Waals surface area contributed by atoms with Gasteiger partial charge >= 0.3 is 6.61 Å². The number of rotatable bonds is 6. The van der Waals surface area contributed by atoms with Crippen LogP contribution in [0.4, 0.5) is 8.78 Å². The molecule has 21 heavy (non-hydrogen) atoms. The predicted octanol–water partition coefficient (Wildman–Crippen LogP) is 4.99. The third kappa shape index (κ3) is 4.95. The van der Waals surface area contributed by atoms with Crippen LogP contribution in [0.15, 0.2) is 46.9 Å². The summed E-state index contributed by atoms with van der Waals surface area (Å²) in [7, 11) is 0. The topological polar surface area (TPSA) is 21.3 Å². The maximum Gasteiger partial charge on any atom is 0.387 e. The van der Waals surface area contributed by atoms with E-state index in [1.165, 1.54) is 6.07 Å². The Hall–Kier alpha value is -1.17. The van der Waals surface area contributed by atoms with E-state index in [0.717, 1.165) is 10.0 Å². The lowest BCUT2D eigenvalue weighted by molar-refractivity contribution is -0.0505. The minimum absolute atomic E-state index is 0.192. The Labute approximate surface area is 135 Å². The molecule has 2 nitrogen and oxygen atoms in total. The first kappa shape index (κ1) is 16.2. The Morgan fingerprint density at radius 1 is 1.14 bits per heavy atom. The summed E-state index contributed by atoms with van der Waals surface area (Å²) in [5.41, 5.74) is 1.73. The maximum absolute atomic E-state index is 12.3. The van der Waals surface area contributed by atoms with Crippen LogP contribution in [0.1, 0.15) is 11.1 Å². The van der Waals surface area contributed by atoms with Gasteiger partial charge in [-0.15, -0.1) is 0 Å². The molecule has 0 bridgehead atoms. The number of hydrogen-bond donors (Lipinski definition) is 1. The minimum Gasteiger partial charge on any atom is -0.434 e. The van der Waals surface area contributed by atoms with Gasteiger partial charge in [-0.3, -0.25) is 0 Å². The Bertz CT molecular complexity index is 610. The number of halogens is 4. The Kier molecular flexibility index (Phi) is 5.96. The molecule has 0 spiro atoms. The van der Waals surface area contributed by atoms with Crippen LogP contribution in [0.2, 0.25) is 5.02 Å². The van der Waals surface area contributed by atoms with Crippen molar-refractivity contribution in [2.75, 3.05) is 0 Å². The molecule has 112 valence electrons. The van der Waals surface area contributed by atoms with Crippen molar-refractivity contribution in [3.05, 3.63) is 63.1 Å². The van der Waals surface area contributed by atoms with Gasteiger partial charge in [0.05, 0.1) is 5.02 Å². The molecule has 0 aliphatic carbocycles. The molecule has 0 unspecified atom stereocenters. The monoisotopic (exact) mass is 375 g/mol. The second-order valence-corrected chi connectivity index (χ2v) is 5.60. The van der Waals surface area contributed by atoms with Crippen molar-refractivity contribution < 1.29 is 13.5 Å². The summed E-state index contributed by atoms with van der Waals surface area (Å²) in [4.78, 5) is 0. The van der Waals surface area contributed by atoms with Crippen molar-refractivity contribution >= 4 is 27.5 Å². The molecule has 2 aromatic carbocycles. The molecule has 0 amide bonds. The number of para-hydroxylation sites is 1. The molecular weight excluding hydrogens is 364 g/mol. The molecule has 0 saturated carbocycles. The van der Waals surface area contributed by atoms with Crippen molar-refractivity contribution in [3.8, 4) is 5.75 Å². The van der Waals surface area contributed by atoms with E-state index in [1.807, 2.05) is 12.1 Å². The summed E-state index contributed by atoms with van der Waals surface area (Å²) in [6, 6.07) is 12.4. The van der Waals surface area contributed by atoms with Gasteiger partial charge in [0, 0.05) is 23.1 Å². The molecule has 0 aliphatic rings. The van der Waals surface area contributed by atoms with E-state index in [1.54, 1.807) is 24.3 Å². The molecule has 0 radical (unpaired) electrons. The van der Waals surface area contributed by atoms with Crippen LogP contribution in [0.25, 0.3) is 0 Å². The highest BCUT2D eigenvalue weighted by atomic mass is 79.9. The molecule has 0 heterocycles. The zero-order chi connectivity index (χ0) is 15.2. The molecule has 2 rings (SSSR count). The molecule has 0 saturated heterocycles. The van der Waals surface area contributed by atoms with Crippen LogP contribution in [0.3, 0.4) is 0 Å². The van der Waals surface area contributed by atoms with Crippen molar-refractivity contribution in [1.82, 2.24) is 5.32 Å². The van der Waals surface area contributed by atoms with Gasteiger partial charge in [0.15, 0.2) is 0 Å². The van der Waals surface area contributed by atoms with Gasteiger partial charge < -0.3 is 10.1 Å². The second-order valence-electron chi connectivity index (χ2n) is 4.34. The maximum atomic E-state index is 12.3. The van der Waals surface area contributed by atoms with Crippen LogP contribution in [-0.2, 0) is 13.1 Å². The fourth-order valence-corrected chi connectivity index (χ4v) is 2.40. The van der Waals surface area contributed by atoms with E-state index in [0.29, 0.717) is 23.7 Å². The van der Waals surface area contributed by atoms with Crippen LogP contribution in [0.5, 0.6) is 5.75 Å². The quantitative estimate of drug-likeness (QED) is 0.766. The van der Waals surface area contributed by atoms with Gasteiger partial charge in [0.25, 0.3) is 0 Å². The first-order valence-corrected chi connectivity index (χ1v) is 7.40. The third-order valence-electron chi connectivity index (χ3n) is 2.82. The normalized spacial score (nSPS) is 10.9. The fraction of sp³-hybridized carbons (Fsp3) is 0.200. The smallest absolute Gasteiger partial charge is 0.387 e. The van der Waals surface area contributed by atoms with Gasteiger partial charge in [0.1, 0.15) is 5.75 Å². The van der Waals surface area contributed by atoms with E-state index < -0.39 is 6.61 Å². The van der Waals surface area contributed by atoms with Crippen molar-refractivity contribution in [2.45, 2.75) is 19.7 Å². The lowest BCUT2D eigenvalue weighted by atomic mass is 10.2. The molecule has 1 N–H and O–H groups in total. The van der Waals surface area contributed by atoms with Crippen LogP contribution in [0, 0.1) is 0 Å². The third-order valence-corrected chi connectivity index (χ3v) is 4.03. The van der Waals surface area contributed by atoms with E-state index in [4.69, 9.17) is 11.6 Å². The average Bonchev–Trinajstić information content (AvgIpc) is 2.44. The fourth-order valence-electron chi connectivity index (χ4n) is 1.85. The van der Waals surface area contributed by atoms with Crippen molar-refractivity contribution in [2.24, 2.45) is 0 Å². The van der Waals surface area contributed by atoms with E-state index in [9.17, 15) is 8.78 Å². The predicted molar refractivity (Wildman–Crippen MR) is 82.8 cm³/mol. The van der Waals surface area contributed by atoms with E-state index >= 15 is 0 Å². The molecule has 0 aliphatic heterocycles. The number of nitrogens with one attached hydrogen (secondary N) is 1. The van der Waals surface area contributed by atoms with Gasteiger partial charge in [-0.05, 0) is 39.7 Å². The molecule has 0 atom stereocenters. The van der Waals surface area contributed by atoms with Crippen LogP contribution < -0.4 is 10.1 Å². The first-order chi connectivity index (χ1) is 10.1. The molecule has 0 fully saturated rings. The largest absolute Gasteiger partial charge is 0.434 e. The molecular formula is C15H13BrClF2NO. The van der Waals surface area contributed by atoms with Gasteiger partial charge in [-0.1, -0.05) is 35.9 Å². The highest BCUT2D eigenvalue weighted by Gasteiger charge is 2.08. The first-order valence-electron chi connectivity index (χ1n) is 6.23. The zero-order valence-corrected chi connectivity index (χ0v) is 13.3. The highest BCUT2D eigenvalue weighted by molar-refractivity contribution is 9.10. The molecule has 6 heteroatoms. The molecule has 0 aromatic heterocycles. The van der Waals surface area contributed by atoms with Crippen LogP contribution in [-0.4, -0.2) is 6.61 Å². The summed E-state index contributed by atoms with van der Waals surface area (Å²) in [6.45, 7) is -1.79. The van der Waals surface area contributed by atoms with E-state index in [2.05, 4.69) is 26.0 Å². The number of hydrogen-bond acceptors (Lipinski definition) is 2. The lowest BCUT2D eigenvalue weighted by Gasteiger charge is -2.11. The standard InChI is InChI=1S/C15H13BrClF2NO/c16-12-7-10(5-6-13(12)17)8-20-9-11-3-1-2-4-14(11)21-15(18)19/h1-7,15,20H,8-9H2. The minimum atomic E-state index is -2.82. The van der Waals surface area contributed by atoms with Crippen molar-refractivity contribution in [1.29, 1.82) is 0 Å². The summed E-state index contributed by atoms with van der Waals surface area (Å²) < 4.78 is 29.9.